The molecule has 1 aliphatic heterocycles. The Hall–Kier alpha value is -1.85. The molecule has 0 radical (unpaired) electrons. The van der Waals surface area contributed by atoms with Crippen LogP contribution in [0, 0.1) is 0 Å². The number of ether oxygens (including phenoxy) is 1. The van der Waals surface area contributed by atoms with Gasteiger partial charge in [0.15, 0.2) is 0 Å². The van der Waals surface area contributed by atoms with Crippen molar-refractivity contribution in [1.82, 2.24) is 4.98 Å². The number of aliphatic hydroxyl groups is 1. The lowest BCUT2D eigenvalue weighted by atomic mass is 10.0. The zero-order valence-corrected chi connectivity index (χ0v) is 10.5. The quantitative estimate of drug-likeness (QED) is 0.772. The fraction of sp³-hybridized carbons (Fsp3) is 0.357. The monoisotopic (exact) mass is 260 g/mol. The largest absolute Gasteiger partial charge is 0.386 e. The van der Waals surface area contributed by atoms with E-state index in [0.717, 1.165) is 5.39 Å². The molecule has 0 bridgehead atoms. The fourth-order valence-corrected chi connectivity index (χ4v) is 2.30. The molecule has 1 atom stereocenters. The molecule has 1 aliphatic rings. The van der Waals surface area contributed by atoms with Crippen LogP contribution in [0.1, 0.15) is 6.42 Å². The Morgan fingerprint density at radius 3 is 3.05 bits per heavy atom. The predicted molar refractivity (Wildman–Crippen MR) is 73.4 cm³/mol. The zero-order valence-electron chi connectivity index (χ0n) is 10.5. The Balaban J connectivity index is 1.83. The van der Waals surface area contributed by atoms with Gasteiger partial charge in [-0.1, -0.05) is 18.2 Å². The summed E-state index contributed by atoms with van der Waals surface area (Å²) in [4.78, 5) is 14.7. The molecule has 1 aromatic carbocycles. The van der Waals surface area contributed by atoms with Crippen LogP contribution in [-0.2, 0) is 4.74 Å². The first kappa shape index (κ1) is 12.2. The zero-order chi connectivity index (χ0) is 13.3. The van der Waals surface area contributed by atoms with E-state index in [1.165, 1.54) is 0 Å². The molecule has 1 fully saturated rings. The van der Waals surface area contributed by atoms with Crippen molar-refractivity contribution in [3.05, 3.63) is 40.7 Å². The number of aromatic nitrogens is 1. The van der Waals surface area contributed by atoms with Crippen molar-refractivity contribution in [3.8, 4) is 0 Å². The molecule has 0 saturated carbocycles. The molecule has 5 heteroatoms. The summed E-state index contributed by atoms with van der Waals surface area (Å²) >= 11 is 0. The summed E-state index contributed by atoms with van der Waals surface area (Å²) in [6.45, 7) is 1.27. The lowest BCUT2D eigenvalue weighted by Crippen LogP contribution is -2.37. The number of nitrogens with one attached hydrogen (secondary N) is 2. The van der Waals surface area contributed by atoms with E-state index >= 15 is 0 Å². The molecule has 2 aromatic rings. The molecular weight excluding hydrogens is 244 g/mol. The molecule has 0 spiro atoms. The van der Waals surface area contributed by atoms with Crippen LogP contribution in [0.2, 0.25) is 0 Å². The molecule has 1 saturated heterocycles. The number of aromatic amines is 1. The summed E-state index contributed by atoms with van der Waals surface area (Å²) in [7, 11) is 0. The van der Waals surface area contributed by atoms with Gasteiger partial charge in [0, 0.05) is 25.0 Å². The van der Waals surface area contributed by atoms with E-state index in [2.05, 4.69) is 10.3 Å². The van der Waals surface area contributed by atoms with Crippen LogP contribution < -0.4 is 10.9 Å². The number of fused-ring (bicyclic) bond motifs is 1. The predicted octanol–water partition coefficient (Wildman–Crippen LogP) is 1.09. The van der Waals surface area contributed by atoms with E-state index in [1.807, 2.05) is 24.3 Å². The minimum absolute atomic E-state index is 0.129. The van der Waals surface area contributed by atoms with Crippen LogP contribution >= 0.6 is 0 Å². The van der Waals surface area contributed by atoms with Crippen molar-refractivity contribution in [3.63, 3.8) is 0 Å². The number of hydrogen-bond donors (Lipinski definition) is 3. The highest BCUT2D eigenvalue weighted by atomic mass is 16.5. The standard InChI is InChI=1S/C14H16N2O3/c17-13-11-4-2-1-3-10(11)7-12(16-13)15-8-14(18)5-6-19-9-14/h1-4,7,18H,5-6,8-9H2,(H2,15,16,17). The van der Waals surface area contributed by atoms with Gasteiger partial charge in [0.2, 0.25) is 0 Å². The van der Waals surface area contributed by atoms with Crippen molar-refractivity contribution >= 4 is 16.6 Å². The molecule has 100 valence electrons. The van der Waals surface area contributed by atoms with Gasteiger partial charge in [-0.05, 0) is 17.5 Å². The number of pyridine rings is 1. The Labute approximate surface area is 110 Å². The van der Waals surface area contributed by atoms with E-state index in [0.29, 0.717) is 37.4 Å². The van der Waals surface area contributed by atoms with Crippen LogP contribution in [-0.4, -0.2) is 35.5 Å². The molecule has 1 aromatic heterocycles. The van der Waals surface area contributed by atoms with E-state index in [9.17, 15) is 9.90 Å². The molecule has 3 N–H and O–H groups in total. The van der Waals surface area contributed by atoms with Gasteiger partial charge in [-0.25, -0.2) is 0 Å². The Bertz CT molecular complexity index is 644. The average molecular weight is 260 g/mol. The highest BCUT2D eigenvalue weighted by Crippen LogP contribution is 2.19. The van der Waals surface area contributed by atoms with Crippen molar-refractivity contribution < 1.29 is 9.84 Å². The molecule has 0 amide bonds. The van der Waals surface area contributed by atoms with Gasteiger partial charge in [0.1, 0.15) is 11.4 Å². The van der Waals surface area contributed by atoms with E-state index in [1.54, 1.807) is 6.07 Å². The third kappa shape index (κ3) is 2.47. The number of hydrogen-bond acceptors (Lipinski definition) is 4. The number of anilines is 1. The van der Waals surface area contributed by atoms with E-state index in [-0.39, 0.29) is 5.56 Å². The molecule has 2 heterocycles. The van der Waals surface area contributed by atoms with Gasteiger partial charge in [0.25, 0.3) is 5.56 Å². The van der Waals surface area contributed by atoms with Crippen molar-refractivity contribution in [2.45, 2.75) is 12.0 Å². The lowest BCUT2D eigenvalue weighted by Gasteiger charge is -2.21. The Morgan fingerprint density at radius 1 is 1.42 bits per heavy atom. The molecule has 1 unspecified atom stereocenters. The Kier molecular flexibility index (Phi) is 3.00. The molecule has 5 nitrogen and oxygen atoms in total. The fourth-order valence-electron chi connectivity index (χ4n) is 2.30. The maximum absolute atomic E-state index is 11.9. The maximum Gasteiger partial charge on any atom is 0.257 e. The third-order valence-electron chi connectivity index (χ3n) is 3.44. The van der Waals surface area contributed by atoms with Gasteiger partial charge in [-0.2, -0.15) is 0 Å². The second kappa shape index (κ2) is 4.68. The van der Waals surface area contributed by atoms with E-state index in [4.69, 9.17) is 4.74 Å². The van der Waals surface area contributed by atoms with Crippen LogP contribution in [0.4, 0.5) is 5.82 Å². The minimum Gasteiger partial charge on any atom is -0.386 e. The van der Waals surface area contributed by atoms with Crippen LogP contribution in [0.3, 0.4) is 0 Å². The van der Waals surface area contributed by atoms with Gasteiger partial charge in [-0.3, -0.25) is 4.79 Å². The first-order valence-electron chi connectivity index (χ1n) is 6.32. The van der Waals surface area contributed by atoms with Gasteiger partial charge < -0.3 is 20.1 Å². The number of rotatable bonds is 3. The second-order valence-electron chi connectivity index (χ2n) is 4.98. The molecule has 0 aliphatic carbocycles. The molecule has 3 rings (SSSR count). The average Bonchev–Trinajstić information content (AvgIpc) is 2.84. The van der Waals surface area contributed by atoms with Crippen molar-refractivity contribution in [2.24, 2.45) is 0 Å². The summed E-state index contributed by atoms with van der Waals surface area (Å²) < 4.78 is 5.18. The second-order valence-corrected chi connectivity index (χ2v) is 4.98. The topological polar surface area (TPSA) is 74.4 Å². The summed E-state index contributed by atoms with van der Waals surface area (Å²) in [5, 5.41) is 14.8. The van der Waals surface area contributed by atoms with Crippen LogP contribution in [0.5, 0.6) is 0 Å². The van der Waals surface area contributed by atoms with E-state index < -0.39 is 5.60 Å². The summed E-state index contributed by atoms with van der Waals surface area (Å²) in [6, 6.07) is 9.28. The number of H-pyrrole nitrogens is 1. The first-order chi connectivity index (χ1) is 9.16. The highest BCUT2D eigenvalue weighted by Gasteiger charge is 2.31. The Morgan fingerprint density at radius 2 is 2.26 bits per heavy atom. The summed E-state index contributed by atoms with van der Waals surface area (Å²) in [5.41, 5.74) is -0.974. The normalized spacial score (nSPS) is 22.8. The maximum atomic E-state index is 11.9. The van der Waals surface area contributed by atoms with Gasteiger partial charge in [-0.15, -0.1) is 0 Å². The molecule has 19 heavy (non-hydrogen) atoms. The summed E-state index contributed by atoms with van der Waals surface area (Å²) in [6.07, 6.45) is 0.609. The number of benzene rings is 1. The SMILES string of the molecule is O=c1[nH]c(NCC2(O)CCOC2)cc2ccccc12. The van der Waals surface area contributed by atoms with Gasteiger partial charge in [0.05, 0.1) is 6.61 Å². The first-order valence-corrected chi connectivity index (χ1v) is 6.32. The van der Waals surface area contributed by atoms with Crippen molar-refractivity contribution in [1.29, 1.82) is 0 Å². The van der Waals surface area contributed by atoms with Crippen LogP contribution in [0.15, 0.2) is 35.1 Å². The van der Waals surface area contributed by atoms with Gasteiger partial charge >= 0.3 is 0 Å². The molecular formula is C14H16N2O3. The minimum atomic E-state index is -0.845. The highest BCUT2D eigenvalue weighted by molar-refractivity contribution is 5.83. The lowest BCUT2D eigenvalue weighted by molar-refractivity contribution is 0.0381. The van der Waals surface area contributed by atoms with Crippen LogP contribution in [0.25, 0.3) is 10.8 Å². The van der Waals surface area contributed by atoms with Crippen molar-refractivity contribution in [2.75, 3.05) is 25.1 Å². The summed E-state index contributed by atoms with van der Waals surface area (Å²) in [5.74, 6) is 0.615. The smallest absolute Gasteiger partial charge is 0.257 e. The third-order valence-corrected chi connectivity index (χ3v) is 3.44.